The van der Waals surface area contributed by atoms with Crippen molar-refractivity contribution in [3.63, 3.8) is 0 Å². The van der Waals surface area contributed by atoms with Crippen LogP contribution in [0.15, 0.2) is 65.2 Å². The summed E-state index contributed by atoms with van der Waals surface area (Å²) in [4.78, 5) is 24.4. The van der Waals surface area contributed by atoms with Crippen LogP contribution in [0.4, 0.5) is 5.82 Å². The maximum Gasteiger partial charge on any atom is 0.256 e. The molecule has 0 spiro atoms. The van der Waals surface area contributed by atoms with Crippen molar-refractivity contribution >= 4 is 17.5 Å². The zero-order valence-electron chi connectivity index (χ0n) is 12.4. The van der Waals surface area contributed by atoms with Crippen molar-refractivity contribution in [1.82, 2.24) is 5.16 Å². The minimum absolute atomic E-state index is 0.0790. The fraction of sp³-hybridized carbons (Fsp3) is 0.0556. The van der Waals surface area contributed by atoms with Gasteiger partial charge in [-0.3, -0.25) is 9.59 Å². The Labute approximate surface area is 132 Å². The third-order valence-electron chi connectivity index (χ3n) is 3.31. The molecule has 5 nitrogen and oxygen atoms in total. The summed E-state index contributed by atoms with van der Waals surface area (Å²) in [7, 11) is 0. The lowest BCUT2D eigenvalue weighted by molar-refractivity contribution is 0.101. The quantitative estimate of drug-likeness (QED) is 0.749. The highest BCUT2D eigenvalue weighted by molar-refractivity contribution is 6.10. The van der Waals surface area contributed by atoms with Crippen LogP contribution in [-0.2, 0) is 0 Å². The molecule has 0 saturated heterocycles. The molecule has 0 aliphatic rings. The van der Waals surface area contributed by atoms with Crippen molar-refractivity contribution in [3.05, 3.63) is 83.1 Å². The van der Waals surface area contributed by atoms with Gasteiger partial charge in [0.1, 0.15) is 5.76 Å². The van der Waals surface area contributed by atoms with Crippen LogP contribution in [0, 0.1) is 6.92 Å². The van der Waals surface area contributed by atoms with Crippen LogP contribution < -0.4 is 5.32 Å². The van der Waals surface area contributed by atoms with E-state index in [1.165, 1.54) is 0 Å². The average molecular weight is 306 g/mol. The first-order valence-corrected chi connectivity index (χ1v) is 7.08. The number of ketones is 1. The smallest absolute Gasteiger partial charge is 0.256 e. The summed E-state index contributed by atoms with van der Waals surface area (Å²) in [6.45, 7) is 1.74. The number of nitrogens with zero attached hydrogens (tertiary/aromatic N) is 1. The Hall–Kier alpha value is -3.21. The second-order valence-electron chi connectivity index (χ2n) is 5.05. The number of amides is 1. The molecule has 3 rings (SSSR count). The molecule has 0 unspecified atom stereocenters. The number of anilines is 1. The van der Waals surface area contributed by atoms with Gasteiger partial charge < -0.3 is 9.84 Å². The maximum atomic E-state index is 12.3. The second-order valence-corrected chi connectivity index (χ2v) is 5.05. The second kappa shape index (κ2) is 6.27. The van der Waals surface area contributed by atoms with Crippen LogP contribution in [-0.4, -0.2) is 16.8 Å². The van der Waals surface area contributed by atoms with E-state index in [1.54, 1.807) is 49.4 Å². The van der Waals surface area contributed by atoms with Gasteiger partial charge in [-0.15, -0.1) is 0 Å². The van der Waals surface area contributed by atoms with Gasteiger partial charge >= 0.3 is 0 Å². The van der Waals surface area contributed by atoms with Crippen molar-refractivity contribution in [1.29, 1.82) is 0 Å². The third-order valence-corrected chi connectivity index (χ3v) is 3.31. The number of hydrogen-bond acceptors (Lipinski definition) is 4. The Morgan fingerprint density at radius 2 is 1.52 bits per heavy atom. The number of aryl methyl sites for hydroxylation is 1. The summed E-state index contributed by atoms with van der Waals surface area (Å²) in [5, 5.41) is 6.34. The molecule has 114 valence electrons. The van der Waals surface area contributed by atoms with Crippen molar-refractivity contribution in [2.75, 3.05) is 5.32 Å². The molecule has 0 aliphatic carbocycles. The van der Waals surface area contributed by atoms with Crippen LogP contribution in [0.5, 0.6) is 0 Å². The molecule has 5 heteroatoms. The number of aromatic nitrogens is 1. The van der Waals surface area contributed by atoms with Crippen molar-refractivity contribution in [3.8, 4) is 0 Å². The first-order valence-electron chi connectivity index (χ1n) is 7.08. The molecule has 0 fully saturated rings. The van der Waals surface area contributed by atoms with Crippen molar-refractivity contribution in [2.24, 2.45) is 0 Å². The molecule has 1 aromatic heterocycles. The summed E-state index contributed by atoms with van der Waals surface area (Å²) in [6, 6.07) is 17.1. The van der Waals surface area contributed by atoms with Gasteiger partial charge in [-0.25, -0.2) is 0 Å². The minimum Gasteiger partial charge on any atom is -0.360 e. The van der Waals surface area contributed by atoms with Crippen molar-refractivity contribution < 1.29 is 14.1 Å². The molecule has 0 atom stereocenters. The van der Waals surface area contributed by atoms with E-state index in [-0.39, 0.29) is 11.7 Å². The molecule has 1 amide bonds. The van der Waals surface area contributed by atoms with Gasteiger partial charge in [-0.05, 0) is 19.1 Å². The fourth-order valence-corrected chi connectivity index (χ4v) is 2.14. The first kappa shape index (κ1) is 14.7. The Bertz CT molecular complexity index is 836. The minimum atomic E-state index is -0.308. The lowest BCUT2D eigenvalue weighted by Gasteiger charge is -2.04. The molecule has 0 bridgehead atoms. The number of nitrogens with one attached hydrogen (secondary N) is 1. The van der Waals surface area contributed by atoms with Gasteiger partial charge in [0.2, 0.25) is 0 Å². The summed E-state index contributed by atoms with van der Waals surface area (Å²) < 4.78 is 4.89. The van der Waals surface area contributed by atoms with Crippen LogP contribution in [0.1, 0.15) is 32.0 Å². The molecule has 0 aliphatic heterocycles. The topological polar surface area (TPSA) is 72.2 Å². The highest BCUT2D eigenvalue weighted by atomic mass is 16.5. The number of hydrogen-bond donors (Lipinski definition) is 1. The van der Waals surface area contributed by atoms with Crippen molar-refractivity contribution in [2.45, 2.75) is 6.92 Å². The molecule has 1 N–H and O–H groups in total. The monoisotopic (exact) mass is 306 g/mol. The molecule has 0 saturated carbocycles. The van der Waals surface area contributed by atoms with Crippen LogP contribution in [0.3, 0.4) is 0 Å². The standard InChI is InChI=1S/C18H14N2O3/c1-12-11-16(20-23-12)19-18(22)15-9-7-14(8-10-15)17(21)13-5-3-2-4-6-13/h2-11H,1H3,(H,19,20,22). The molecule has 3 aromatic rings. The molecular weight excluding hydrogens is 292 g/mol. The highest BCUT2D eigenvalue weighted by Gasteiger charge is 2.12. The lowest BCUT2D eigenvalue weighted by Crippen LogP contribution is -2.12. The largest absolute Gasteiger partial charge is 0.360 e. The van der Waals surface area contributed by atoms with Gasteiger partial charge in [0.15, 0.2) is 11.6 Å². The molecule has 1 heterocycles. The Morgan fingerprint density at radius 3 is 2.13 bits per heavy atom. The van der Waals surface area contributed by atoms with E-state index in [9.17, 15) is 9.59 Å². The van der Waals surface area contributed by atoms with Gasteiger partial charge in [0.05, 0.1) is 0 Å². The third kappa shape index (κ3) is 3.35. The Kier molecular flexibility index (Phi) is 4.01. The summed E-state index contributed by atoms with van der Waals surface area (Å²) in [6.07, 6.45) is 0. The summed E-state index contributed by atoms with van der Waals surface area (Å²) in [5.74, 6) is 0.586. The molecule has 0 radical (unpaired) electrons. The van der Waals surface area contributed by atoms with Gasteiger partial charge in [0.25, 0.3) is 5.91 Å². The Morgan fingerprint density at radius 1 is 0.913 bits per heavy atom. The predicted molar refractivity (Wildman–Crippen MR) is 85.5 cm³/mol. The van der Waals surface area contributed by atoms with E-state index >= 15 is 0 Å². The van der Waals surface area contributed by atoms with E-state index in [4.69, 9.17) is 4.52 Å². The summed E-state index contributed by atoms with van der Waals surface area (Å²) in [5.41, 5.74) is 1.59. The van der Waals surface area contributed by atoms with Crippen LogP contribution in [0.25, 0.3) is 0 Å². The lowest BCUT2D eigenvalue weighted by atomic mass is 10.0. The first-order chi connectivity index (χ1) is 11.1. The zero-order valence-corrected chi connectivity index (χ0v) is 12.4. The number of carbonyl (C=O) groups is 2. The van der Waals surface area contributed by atoms with E-state index in [2.05, 4.69) is 10.5 Å². The predicted octanol–water partition coefficient (Wildman–Crippen LogP) is 3.47. The van der Waals surface area contributed by atoms with Gasteiger partial charge in [0, 0.05) is 22.8 Å². The maximum absolute atomic E-state index is 12.3. The van der Waals surface area contributed by atoms with E-state index < -0.39 is 0 Å². The fourth-order valence-electron chi connectivity index (χ4n) is 2.14. The molecule has 2 aromatic carbocycles. The zero-order chi connectivity index (χ0) is 16.2. The summed E-state index contributed by atoms with van der Waals surface area (Å²) >= 11 is 0. The van der Waals surface area contributed by atoms with Gasteiger partial charge in [-0.1, -0.05) is 47.6 Å². The normalized spacial score (nSPS) is 10.3. The SMILES string of the molecule is Cc1cc(NC(=O)c2ccc(C(=O)c3ccccc3)cc2)no1. The Balaban J connectivity index is 1.74. The number of carbonyl (C=O) groups excluding carboxylic acids is 2. The highest BCUT2D eigenvalue weighted by Crippen LogP contribution is 2.13. The average Bonchev–Trinajstić information content (AvgIpc) is 3.00. The van der Waals surface area contributed by atoms with Gasteiger partial charge in [-0.2, -0.15) is 0 Å². The van der Waals surface area contributed by atoms with E-state index in [1.807, 2.05) is 18.2 Å². The van der Waals surface area contributed by atoms with Crippen LogP contribution >= 0.6 is 0 Å². The van der Waals surface area contributed by atoms with E-state index in [0.29, 0.717) is 28.3 Å². The molecule has 23 heavy (non-hydrogen) atoms. The number of rotatable bonds is 4. The van der Waals surface area contributed by atoms with E-state index in [0.717, 1.165) is 0 Å². The number of benzene rings is 2. The van der Waals surface area contributed by atoms with Crippen LogP contribution in [0.2, 0.25) is 0 Å². The molecular formula is C18H14N2O3.